The average Bonchev–Trinajstić information content (AvgIpc) is 2.68. The number of hydrogen-bond donors (Lipinski definition) is 1. The fourth-order valence-electron chi connectivity index (χ4n) is 3.75. The molecule has 0 amide bonds. The highest BCUT2D eigenvalue weighted by molar-refractivity contribution is 5.81. The van der Waals surface area contributed by atoms with Crippen LogP contribution in [0.1, 0.15) is 31.0 Å². The lowest BCUT2D eigenvalue weighted by molar-refractivity contribution is 0.184. The lowest BCUT2D eigenvalue weighted by Crippen LogP contribution is -2.34. The molecule has 27 heavy (non-hydrogen) atoms. The molecule has 1 fully saturated rings. The van der Waals surface area contributed by atoms with Crippen molar-refractivity contribution in [3.8, 4) is 11.5 Å². The number of aryl methyl sites for hydroxylation is 1. The highest BCUT2D eigenvalue weighted by Crippen LogP contribution is 2.25. The van der Waals surface area contributed by atoms with E-state index in [1.54, 1.807) is 0 Å². The lowest BCUT2D eigenvalue weighted by atomic mass is 9.98. The van der Waals surface area contributed by atoms with Gasteiger partial charge in [0.1, 0.15) is 11.5 Å². The van der Waals surface area contributed by atoms with Crippen LogP contribution in [0.5, 0.6) is 11.5 Å². The molecule has 4 heteroatoms. The minimum Gasteiger partial charge on any atom is -0.457 e. The van der Waals surface area contributed by atoms with Crippen LogP contribution in [0.4, 0.5) is 0 Å². The van der Waals surface area contributed by atoms with Crippen LogP contribution >= 0.6 is 0 Å². The van der Waals surface area contributed by atoms with Gasteiger partial charge in [-0.05, 0) is 69.1 Å². The van der Waals surface area contributed by atoms with Gasteiger partial charge in [-0.2, -0.15) is 0 Å². The zero-order valence-electron chi connectivity index (χ0n) is 16.0. The van der Waals surface area contributed by atoms with Gasteiger partial charge >= 0.3 is 0 Å². The molecule has 0 bridgehead atoms. The zero-order chi connectivity index (χ0) is 18.8. The van der Waals surface area contributed by atoms with E-state index in [-0.39, 0.29) is 5.43 Å². The van der Waals surface area contributed by atoms with Crippen molar-refractivity contribution in [2.75, 3.05) is 13.1 Å². The number of nitrogens with one attached hydrogen (secondary N) is 1. The minimum atomic E-state index is 0.110. The van der Waals surface area contributed by atoms with Gasteiger partial charge in [0.05, 0.1) is 0 Å². The maximum atomic E-state index is 13.2. The topological polar surface area (TPSA) is 45.3 Å². The molecule has 1 aliphatic heterocycles. The van der Waals surface area contributed by atoms with Crippen LogP contribution in [0.25, 0.3) is 10.9 Å². The first-order chi connectivity index (χ1) is 13.1. The van der Waals surface area contributed by atoms with Gasteiger partial charge in [0.2, 0.25) is 0 Å². The number of pyridine rings is 1. The molecule has 0 atom stereocenters. The van der Waals surface area contributed by atoms with Gasteiger partial charge in [-0.3, -0.25) is 9.69 Å². The first kappa shape index (κ1) is 17.8. The highest BCUT2D eigenvalue weighted by atomic mass is 16.5. The highest BCUT2D eigenvalue weighted by Gasteiger charge is 2.19. The summed E-state index contributed by atoms with van der Waals surface area (Å²) in [6, 6.07) is 15.3. The zero-order valence-corrected chi connectivity index (χ0v) is 16.0. The summed E-state index contributed by atoms with van der Waals surface area (Å²) in [5.41, 5.74) is 2.80. The normalized spacial score (nSPS) is 15.9. The van der Waals surface area contributed by atoms with Crippen LogP contribution in [-0.4, -0.2) is 23.0 Å². The Kier molecular flexibility index (Phi) is 4.99. The van der Waals surface area contributed by atoms with E-state index in [9.17, 15) is 4.79 Å². The Balaban J connectivity index is 1.65. The van der Waals surface area contributed by atoms with E-state index in [1.807, 2.05) is 55.5 Å². The van der Waals surface area contributed by atoms with Crippen molar-refractivity contribution in [1.29, 1.82) is 0 Å². The summed E-state index contributed by atoms with van der Waals surface area (Å²) in [5, 5.41) is 0.689. The molecule has 0 saturated carbocycles. The number of fused-ring (bicyclic) bond motifs is 1. The number of hydrogen-bond acceptors (Lipinski definition) is 3. The number of piperidine rings is 1. The Morgan fingerprint density at radius 2 is 1.81 bits per heavy atom. The molecule has 0 spiro atoms. The lowest BCUT2D eigenvalue weighted by Gasteiger charge is -2.30. The van der Waals surface area contributed by atoms with Crippen molar-refractivity contribution in [3.63, 3.8) is 0 Å². The maximum absolute atomic E-state index is 13.2. The van der Waals surface area contributed by atoms with Gasteiger partial charge in [-0.25, -0.2) is 0 Å². The van der Waals surface area contributed by atoms with Crippen molar-refractivity contribution < 1.29 is 4.74 Å². The fourth-order valence-corrected chi connectivity index (χ4v) is 3.75. The summed E-state index contributed by atoms with van der Waals surface area (Å²) in [6.07, 6.45) is 2.42. The Morgan fingerprint density at radius 3 is 2.56 bits per heavy atom. The molecule has 1 N–H and O–H groups in total. The molecule has 1 saturated heterocycles. The van der Waals surface area contributed by atoms with E-state index in [1.165, 1.54) is 12.8 Å². The van der Waals surface area contributed by atoms with Crippen LogP contribution in [-0.2, 0) is 6.54 Å². The number of nitrogens with zero attached hydrogens (tertiary/aromatic N) is 1. The standard InChI is InChI=1S/C23H26N2O2/c1-16-10-12-25(13-11-16)15-21-17(2)24-22-9-8-19(14-20(22)23(21)26)27-18-6-4-3-5-7-18/h3-9,14,16H,10-13,15H2,1-2H3,(H,24,26). The van der Waals surface area contributed by atoms with Gasteiger partial charge in [-0.1, -0.05) is 25.1 Å². The number of aromatic nitrogens is 1. The molecule has 1 aliphatic rings. The van der Waals surface area contributed by atoms with Crippen molar-refractivity contribution in [1.82, 2.24) is 9.88 Å². The fraction of sp³-hybridized carbons (Fsp3) is 0.348. The van der Waals surface area contributed by atoms with E-state index in [4.69, 9.17) is 4.74 Å². The first-order valence-corrected chi connectivity index (χ1v) is 9.71. The van der Waals surface area contributed by atoms with Gasteiger partial charge in [-0.15, -0.1) is 0 Å². The molecule has 2 aromatic carbocycles. The molecular weight excluding hydrogens is 336 g/mol. The molecule has 140 valence electrons. The average molecular weight is 362 g/mol. The summed E-state index contributed by atoms with van der Waals surface area (Å²) >= 11 is 0. The van der Waals surface area contributed by atoms with Crippen LogP contribution in [0.15, 0.2) is 53.3 Å². The molecule has 4 nitrogen and oxygen atoms in total. The van der Waals surface area contributed by atoms with E-state index in [0.717, 1.165) is 41.5 Å². The van der Waals surface area contributed by atoms with Gasteiger partial charge in [0.15, 0.2) is 5.43 Å². The Hall–Kier alpha value is -2.59. The second-order valence-corrected chi connectivity index (χ2v) is 7.64. The largest absolute Gasteiger partial charge is 0.457 e. The van der Waals surface area contributed by atoms with Crippen LogP contribution in [0, 0.1) is 12.8 Å². The number of aromatic amines is 1. The van der Waals surface area contributed by atoms with Gasteiger partial charge in [0, 0.05) is 28.7 Å². The Bertz CT molecular complexity index is 986. The van der Waals surface area contributed by atoms with E-state index >= 15 is 0 Å². The molecule has 1 aromatic heterocycles. The molecule has 2 heterocycles. The van der Waals surface area contributed by atoms with E-state index < -0.39 is 0 Å². The van der Waals surface area contributed by atoms with Gasteiger partial charge < -0.3 is 9.72 Å². The third-order valence-corrected chi connectivity index (χ3v) is 5.52. The van der Waals surface area contributed by atoms with Crippen molar-refractivity contribution in [3.05, 3.63) is 70.0 Å². The predicted octanol–water partition coefficient (Wildman–Crippen LogP) is 4.86. The molecular formula is C23H26N2O2. The van der Waals surface area contributed by atoms with Crippen molar-refractivity contribution in [2.24, 2.45) is 5.92 Å². The maximum Gasteiger partial charge on any atom is 0.194 e. The number of rotatable bonds is 4. The third kappa shape index (κ3) is 3.91. The molecule has 4 rings (SSSR count). The molecule has 0 radical (unpaired) electrons. The number of ether oxygens (including phenoxy) is 1. The molecule has 0 unspecified atom stereocenters. The smallest absolute Gasteiger partial charge is 0.194 e. The van der Waals surface area contributed by atoms with E-state index in [2.05, 4.69) is 16.8 Å². The minimum absolute atomic E-state index is 0.110. The van der Waals surface area contributed by atoms with E-state index in [0.29, 0.717) is 17.7 Å². The number of para-hydroxylation sites is 1. The second kappa shape index (κ2) is 7.57. The summed E-state index contributed by atoms with van der Waals surface area (Å²) in [6.45, 7) is 7.15. The van der Waals surface area contributed by atoms with Crippen LogP contribution < -0.4 is 10.2 Å². The monoisotopic (exact) mass is 362 g/mol. The second-order valence-electron chi connectivity index (χ2n) is 7.64. The SMILES string of the molecule is Cc1[nH]c2ccc(Oc3ccccc3)cc2c(=O)c1CN1CCC(C)CC1. The van der Waals surface area contributed by atoms with Crippen molar-refractivity contribution in [2.45, 2.75) is 33.2 Å². The van der Waals surface area contributed by atoms with Crippen LogP contribution in [0.3, 0.4) is 0 Å². The predicted molar refractivity (Wildman–Crippen MR) is 109 cm³/mol. The summed E-state index contributed by atoms with van der Waals surface area (Å²) in [5.74, 6) is 2.23. The summed E-state index contributed by atoms with van der Waals surface area (Å²) < 4.78 is 5.91. The number of likely N-dealkylation sites (tertiary alicyclic amines) is 1. The first-order valence-electron chi connectivity index (χ1n) is 9.71. The van der Waals surface area contributed by atoms with Gasteiger partial charge in [0.25, 0.3) is 0 Å². The number of benzene rings is 2. The Morgan fingerprint density at radius 1 is 1.07 bits per heavy atom. The Labute approximate surface area is 159 Å². The summed E-state index contributed by atoms with van der Waals surface area (Å²) in [7, 11) is 0. The molecule has 0 aliphatic carbocycles. The summed E-state index contributed by atoms with van der Waals surface area (Å²) in [4.78, 5) is 19.0. The number of H-pyrrole nitrogens is 1. The van der Waals surface area contributed by atoms with Crippen molar-refractivity contribution >= 4 is 10.9 Å². The molecule has 3 aromatic rings. The quantitative estimate of drug-likeness (QED) is 0.721. The van der Waals surface area contributed by atoms with Crippen LogP contribution in [0.2, 0.25) is 0 Å². The third-order valence-electron chi connectivity index (χ3n) is 5.52.